The van der Waals surface area contributed by atoms with E-state index in [-0.39, 0.29) is 24.2 Å². The average molecular weight is 445 g/mol. The molecule has 2 amide bonds. The summed E-state index contributed by atoms with van der Waals surface area (Å²) < 4.78 is 15.1. The minimum absolute atomic E-state index is 0.0925. The third-order valence-corrected chi connectivity index (χ3v) is 4.04. The second-order valence-corrected chi connectivity index (χ2v) is 6.35. The SMILES string of the molecule is CCOc1ccc(NC(=O)CCC(=O)OCC(=O)Nc2cc(OC)ccc2[N+](=O)[O-])cc1. The molecule has 0 bridgehead atoms. The Kier molecular flexibility index (Phi) is 8.96. The maximum absolute atomic E-state index is 12.0. The van der Waals surface area contributed by atoms with E-state index >= 15 is 0 Å². The highest BCUT2D eigenvalue weighted by Gasteiger charge is 2.18. The van der Waals surface area contributed by atoms with Crippen molar-refractivity contribution >= 4 is 34.8 Å². The van der Waals surface area contributed by atoms with Crippen LogP contribution in [0.5, 0.6) is 11.5 Å². The van der Waals surface area contributed by atoms with Crippen molar-refractivity contribution in [3.05, 3.63) is 52.6 Å². The topological polar surface area (TPSA) is 146 Å². The Morgan fingerprint density at radius 2 is 1.66 bits per heavy atom. The maximum Gasteiger partial charge on any atom is 0.306 e. The standard InChI is InChI=1S/C21H23N3O8/c1-3-31-15-6-4-14(5-7-15)22-19(25)10-11-21(27)32-13-20(26)23-17-12-16(30-2)8-9-18(17)24(28)29/h4-9,12H,3,10-11,13H2,1-2H3,(H,22,25)(H,23,26). The molecule has 0 aliphatic carbocycles. The summed E-state index contributed by atoms with van der Waals surface area (Å²) >= 11 is 0. The molecule has 32 heavy (non-hydrogen) atoms. The van der Waals surface area contributed by atoms with Crippen LogP contribution in [0.1, 0.15) is 19.8 Å². The lowest BCUT2D eigenvalue weighted by molar-refractivity contribution is -0.383. The molecule has 0 atom stereocenters. The Morgan fingerprint density at radius 1 is 0.969 bits per heavy atom. The quantitative estimate of drug-likeness (QED) is 0.305. The molecule has 0 aromatic heterocycles. The lowest BCUT2D eigenvalue weighted by atomic mass is 10.2. The summed E-state index contributed by atoms with van der Waals surface area (Å²) in [6.45, 7) is 1.73. The highest BCUT2D eigenvalue weighted by atomic mass is 16.6. The van der Waals surface area contributed by atoms with Crippen molar-refractivity contribution in [2.75, 3.05) is 31.0 Å². The molecule has 0 unspecified atom stereocenters. The molecule has 0 aliphatic heterocycles. The summed E-state index contributed by atoms with van der Waals surface area (Å²) in [4.78, 5) is 46.2. The van der Waals surface area contributed by atoms with E-state index in [1.54, 1.807) is 24.3 Å². The van der Waals surface area contributed by atoms with Gasteiger partial charge in [0.15, 0.2) is 6.61 Å². The summed E-state index contributed by atoms with van der Waals surface area (Å²) in [5.74, 6) is -0.952. The van der Waals surface area contributed by atoms with Gasteiger partial charge in [0.05, 0.1) is 25.1 Å². The number of nitro groups is 1. The lowest BCUT2D eigenvalue weighted by Gasteiger charge is -2.09. The van der Waals surface area contributed by atoms with Gasteiger partial charge in [0, 0.05) is 24.2 Å². The van der Waals surface area contributed by atoms with Gasteiger partial charge in [-0.3, -0.25) is 24.5 Å². The van der Waals surface area contributed by atoms with Gasteiger partial charge in [0.1, 0.15) is 17.2 Å². The lowest BCUT2D eigenvalue weighted by Crippen LogP contribution is -2.22. The van der Waals surface area contributed by atoms with Crippen LogP contribution in [0.25, 0.3) is 0 Å². The molecule has 11 heteroatoms. The van der Waals surface area contributed by atoms with Crippen LogP contribution < -0.4 is 20.1 Å². The van der Waals surface area contributed by atoms with Crippen LogP contribution in [0.15, 0.2) is 42.5 Å². The largest absolute Gasteiger partial charge is 0.497 e. The fourth-order valence-corrected chi connectivity index (χ4v) is 2.55. The van der Waals surface area contributed by atoms with E-state index in [1.807, 2.05) is 6.92 Å². The van der Waals surface area contributed by atoms with Crippen LogP contribution in [0.3, 0.4) is 0 Å². The van der Waals surface area contributed by atoms with E-state index in [2.05, 4.69) is 10.6 Å². The Balaban J connectivity index is 1.77. The smallest absolute Gasteiger partial charge is 0.306 e. The third-order valence-electron chi connectivity index (χ3n) is 4.04. The molecule has 0 heterocycles. The van der Waals surface area contributed by atoms with Crippen molar-refractivity contribution in [3.63, 3.8) is 0 Å². The molecule has 170 valence electrons. The number of amides is 2. The van der Waals surface area contributed by atoms with Gasteiger partial charge in [0.2, 0.25) is 5.91 Å². The van der Waals surface area contributed by atoms with Gasteiger partial charge >= 0.3 is 5.97 Å². The zero-order valence-corrected chi connectivity index (χ0v) is 17.6. The molecule has 0 aliphatic rings. The molecule has 0 saturated heterocycles. The minimum atomic E-state index is -0.770. The fourth-order valence-electron chi connectivity index (χ4n) is 2.55. The first-order valence-electron chi connectivity index (χ1n) is 9.63. The van der Waals surface area contributed by atoms with E-state index in [1.165, 1.54) is 25.3 Å². The summed E-state index contributed by atoms with van der Waals surface area (Å²) in [6, 6.07) is 10.6. The summed E-state index contributed by atoms with van der Waals surface area (Å²) in [5.41, 5.74) is 0.118. The molecule has 2 N–H and O–H groups in total. The van der Waals surface area contributed by atoms with Crippen LogP contribution in [0, 0.1) is 10.1 Å². The van der Waals surface area contributed by atoms with Gasteiger partial charge in [-0.1, -0.05) is 0 Å². The number of benzene rings is 2. The summed E-state index contributed by atoms with van der Waals surface area (Å²) in [5, 5.41) is 16.0. The van der Waals surface area contributed by atoms with E-state index in [9.17, 15) is 24.5 Å². The predicted molar refractivity (Wildman–Crippen MR) is 115 cm³/mol. The molecule has 11 nitrogen and oxygen atoms in total. The van der Waals surface area contributed by atoms with E-state index in [0.29, 0.717) is 23.8 Å². The number of anilines is 2. The van der Waals surface area contributed by atoms with Crippen LogP contribution in [0.2, 0.25) is 0 Å². The minimum Gasteiger partial charge on any atom is -0.497 e. The van der Waals surface area contributed by atoms with Crippen LogP contribution >= 0.6 is 0 Å². The molecular weight excluding hydrogens is 422 g/mol. The zero-order valence-electron chi connectivity index (χ0n) is 17.6. The predicted octanol–water partition coefficient (Wildman–Crippen LogP) is 2.90. The van der Waals surface area contributed by atoms with E-state index in [0.717, 1.165) is 0 Å². The molecule has 0 fully saturated rings. The summed E-state index contributed by atoms with van der Waals surface area (Å²) in [6.07, 6.45) is -0.384. The monoisotopic (exact) mass is 445 g/mol. The van der Waals surface area contributed by atoms with Crippen LogP contribution in [-0.2, 0) is 19.1 Å². The number of carbonyl (C=O) groups excluding carboxylic acids is 3. The molecular formula is C21H23N3O8. The second-order valence-electron chi connectivity index (χ2n) is 6.35. The number of hydrogen-bond donors (Lipinski definition) is 2. The van der Waals surface area contributed by atoms with Crippen molar-refractivity contribution < 1.29 is 33.5 Å². The van der Waals surface area contributed by atoms with Gasteiger partial charge < -0.3 is 24.8 Å². The zero-order chi connectivity index (χ0) is 23.5. The highest BCUT2D eigenvalue weighted by Crippen LogP contribution is 2.28. The molecule has 0 saturated carbocycles. The van der Waals surface area contributed by atoms with Gasteiger partial charge in [-0.05, 0) is 37.3 Å². The number of ether oxygens (including phenoxy) is 3. The maximum atomic E-state index is 12.0. The van der Waals surface area contributed by atoms with Crippen molar-refractivity contribution in [1.82, 2.24) is 0 Å². The van der Waals surface area contributed by atoms with Gasteiger partial charge in [0.25, 0.3) is 11.6 Å². The first kappa shape index (κ1) is 24.1. The van der Waals surface area contributed by atoms with Crippen molar-refractivity contribution in [3.8, 4) is 11.5 Å². The van der Waals surface area contributed by atoms with Gasteiger partial charge in [-0.2, -0.15) is 0 Å². The Morgan fingerprint density at radius 3 is 2.28 bits per heavy atom. The fraction of sp³-hybridized carbons (Fsp3) is 0.286. The number of methoxy groups -OCH3 is 1. The first-order valence-corrected chi connectivity index (χ1v) is 9.63. The van der Waals surface area contributed by atoms with Crippen molar-refractivity contribution in [2.24, 2.45) is 0 Å². The normalized spacial score (nSPS) is 10.1. The van der Waals surface area contributed by atoms with Crippen molar-refractivity contribution in [2.45, 2.75) is 19.8 Å². The first-order chi connectivity index (χ1) is 15.3. The molecule has 0 radical (unpaired) electrons. The Bertz CT molecular complexity index is 976. The number of hydrogen-bond acceptors (Lipinski definition) is 8. The average Bonchev–Trinajstić information content (AvgIpc) is 2.77. The third kappa shape index (κ3) is 7.59. The number of rotatable bonds is 11. The van der Waals surface area contributed by atoms with Crippen LogP contribution in [0.4, 0.5) is 17.1 Å². The number of nitro benzene ring substituents is 1. The molecule has 2 rings (SSSR count). The highest BCUT2D eigenvalue weighted by molar-refractivity contribution is 5.96. The van der Waals surface area contributed by atoms with Gasteiger partial charge in [-0.15, -0.1) is 0 Å². The van der Waals surface area contributed by atoms with E-state index < -0.39 is 29.3 Å². The van der Waals surface area contributed by atoms with Crippen LogP contribution in [-0.4, -0.2) is 43.0 Å². The number of nitrogens with zero attached hydrogens (tertiary/aromatic N) is 1. The second kappa shape index (κ2) is 11.9. The molecule has 2 aromatic carbocycles. The number of nitrogens with one attached hydrogen (secondary N) is 2. The van der Waals surface area contributed by atoms with E-state index in [4.69, 9.17) is 14.2 Å². The van der Waals surface area contributed by atoms with Gasteiger partial charge in [-0.25, -0.2) is 0 Å². The summed E-state index contributed by atoms with van der Waals surface area (Å²) in [7, 11) is 1.38. The number of carbonyl (C=O) groups is 3. The molecule has 0 spiro atoms. The molecule has 2 aromatic rings. The van der Waals surface area contributed by atoms with Crippen molar-refractivity contribution in [1.29, 1.82) is 0 Å². The Labute approximate surface area is 183 Å². The number of esters is 1. The Hall–Kier alpha value is -4.15.